The molecule has 3 rings (SSSR count). The first kappa shape index (κ1) is 21.3. The maximum Gasteiger partial charge on any atom is 0.251 e. The Kier molecular flexibility index (Phi) is 7.28. The minimum Gasteiger partial charge on any atom is -0.385 e. The molecule has 1 fully saturated rings. The van der Waals surface area contributed by atoms with Crippen molar-refractivity contribution in [3.05, 3.63) is 59.7 Å². The Morgan fingerprint density at radius 3 is 2.45 bits per heavy atom. The predicted octanol–water partition coefficient (Wildman–Crippen LogP) is 3.40. The normalized spacial score (nSPS) is 15.1. The number of hydrogen-bond donors (Lipinski definition) is 2. The van der Waals surface area contributed by atoms with Gasteiger partial charge in [-0.25, -0.2) is 8.42 Å². The van der Waals surface area contributed by atoms with Crippen LogP contribution in [-0.4, -0.2) is 44.8 Å². The molecule has 0 atom stereocenters. The summed E-state index contributed by atoms with van der Waals surface area (Å²) in [5, 5.41) is 6.17. The Morgan fingerprint density at radius 2 is 1.72 bits per heavy atom. The predicted molar refractivity (Wildman–Crippen MR) is 116 cm³/mol. The van der Waals surface area contributed by atoms with Crippen molar-refractivity contribution in [2.45, 2.75) is 37.5 Å². The van der Waals surface area contributed by atoms with Gasteiger partial charge in [0.05, 0.1) is 4.90 Å². The van der Waals surface area contributed by atoms with Crippen LogP contribution >= 0.6 is 0 Å². The van der Waals surface area contributed by atoms with Crippen LogP contribution < -0.4 is 10.6 Å². The number of nitrogens with zero attached hydrogens (tertiary/aromatic N) is 1. The summed E-state index contributed by atoms with van der Waals surface area (Å²) in [6.45, 7) is 4.13. The zero-order valence-corrected chi connectivity index (χ0v) is 17.7. The second kappa shape index (κ2) is 9.89. The minimum atomic E-state index is -3.57. The van der Waals surface area contributed by atoms with Crippen molar-refractivity contribution in [2.24, 2.45) is 0 Å². The highest BCUT2D eigenvalue weighted by Gasteiger charge is 2.28. The largest absolute Gasteiger partial charge is 0.385 e. The van der Waals surface area contributed by atoms with Crippen molar-refractivity contribution in [3.63, 3.8) is 0 Å². The van der Waals surface area contributed by atoms with Crippen LogP contribution in [0.5, 0.6) is 0 Å². The topological polar surface area (TPSA) is 78.5 Å². The van der Waals surface area contributed by atoms with E-state index in [-0.39, 0.29) is 10.8 Å². The lowest BCUT2D eigenvalue weighted by Crippen LogP contribution is -2.36. The van der Waals surface area contributed by atoms with Crippen molar-refractivity contribution in [2.75, 3.05) is 31.5 Å². The molecule has 0 radical (unpaired) electrons. The smallest absolute Gasteiger partial charge is 0.251 e. The van der Waals surface area contributed by atoms with Crippen molar-refractivity contribution in [1.82, 2.24) is 9.62 Å². The first-order valence-corrected chi connectivity index (χ1v) is 11.6. The number of benzene rings is 2. The highest BCUT2D eigenvalue weighted by atomic mass is 32.2. The van der Waals surface area contributed by atoms with Crippen LogP contribution in [0.4, 0.5) is 5.69 Å². The average molecular weight is 416 g/mol. The van der Waals surface area contributed by atoms with Crippen molar-refractivity contribution < 1.29 is 13.2 Å². The molecular formula is C22H29N3O3S. The van der Waals surface area contributed by atoms with E-state index in [9.17, 15) is 13.2 Å². The van der Waals surface area contributed by atoms with Crippen LogP contribution in [0.3, 0.4) is 0 Å². The molecule has 29 heavy (non-hydrogen) atoms. The maximum absolute atomic E-state index is 13.0. The van der Waals surface area contributed by atoms with Gasteiger partial charge in [-0.3, -0.25) is 4.79 Å². The van der Waals surface area contributed by atoms with Crippen molar-refractivity contribution in [3.8, 4) is 0 Å². The summed E-state index contributed by atoms with van der Waals surface area (Å²) >= 11 is 0. The number of para-hydroxylation sites is 1. The number of carbonyl (C=O) groups is 1. The summed E-state index contributed by atoms with van der Waals surface area (Å²) in [6.07, 6.45) is 3.60. The van der Waals surface area contributed by atoms with Gasteiger partial charge >= 0.3 is 0 Å². The number of anilines is 1. The highest BCUT2D eigenvalue weighted by Crippen LogP contribution is 2.24. The standard InChI is InChI=1S/C22H29N3O3S/c1-18-11-12-19(17-21(18)29(27,28)25-15-6-3-7-16-25)22(26)24-14-8-13-23-20-9-4-2-5-10-20/h2,4-5,9-12,17,23H,3,6-8,13-16H2,1H3,(H,24,26). The first-order chi connectivity index (χ1) is 14.0. The average Bonchev–Trinajstić information content (AvgIpc) is 2.75. The van der Waals surface area contributed by atoms with E-state index in [1.54, 1.807) is 19.1 Å². The molecule has 1 aliphatic rings. The number of rotatable bonds is 8. The molecule has 2 aromatic carbocycles. The molecular weight excluding hydrogens is 386 g/mol. The van der Waals surface area contributed by atoms with Gasteiger partial charge in [0.2, 0.25) is 10.0 Å². The molecule has 2 aromatic rings. The number of aryl methyl sites for hydroxylation is 1. The molecule has 0 aromatic heterocycles. The third-order valence-electron chi connectivity index (χ3n) is 5.13. The zero-order chi connectivity index (χ0) is 20.7. The molecule has 6 nitrogen and oxygen atoms in total. The molecule has 156 valence electrons. The number of amides is 1. The van der Waals surface area contributed by atoms with Crippen LogP contribution in [0.25, 0.3) is 0 Å². The zero-order valence-electron chi connectivity index (χ0n) is 16.9. The Balaban J connectivity index is 1.57. The summed E-state index contributed by atoms with van der Waals surface area (Å²) in [4.78, 5) is 12.7. The summed E-state index contributed by atoms with van der Waals surface area (Å²) in [7, 11) is -3.57. The number of piperidine rings is 1. The first-order valence-electron chi connectivity index (χ1n) is 10.2. The van der Waals surface area contributed by atoms with Gasteiger partial charge < -0.3 is 10.6 Å². The van der Waals surface area contributed by atoms with E-state index < -0.39 is 10.0 Å². The molecule has 7 heteroatoms. The van der Waals surface area contributed by atoms with E-state index in [0.717, 1.165) is 37.9 Å². The summed E-state index contributed by atoms with van der Waals surface area (Å²) < 4.78 is 27.5. The SMILES string of the molecule is Cc1ccc(C(=O)NCCCNc2ccccc2)cc1S(=O)(=O)N1CCCCC1. The number of carbonyl (C=O) groups excluding carboxylic acids is 1. The number of sulfonamides is 1. The monoisotopic (exact) mass is 415 g/mol. The van der Waals surface area contributed by atoms with Crippen LogP contribution in [0, 0.1) is 6.92 Å². The number of hydrogen-bond acceptors (Lipinski definition) is 4. The second-order valence-corrected chi connectivity index (χ2v) is 9.25. The highest BCUT2D eigenvalue weighted by molar-refractivity contribution is 7.89. The molecule has 0 unspecified atom stereocenters. The Bertz CT molecular complexity index is 924. The lowest BCUT2D eigenvalue weighted by Gasteiger charge is -2.26. The Labute approximate surface area is 173 Å². The Hall–Kier alpha value is -2.38. The molecule has 0 saturated carbocycles. The van der Waals surface area contributed by atoms with E-state index in [1.165, 1.54) is 10.4 Å². The van der Waals surface area contributed by atoms with Gasteiger partial charge in [0.15, 0.2) is 0 Å². The molecule has 1 amide bonds. The van der Waals surface area contributed by atoms with E-state index in [2.05, 4.69) is 10.6 Å². The van der Waals surface area contributed by atoms with Gasteiger partial charge in [0, 0.05) is 37.4 Å². The molecule has 0 spiro atoms. The van der Waals surface area contributed by atoms with E-state index in [4.69, 9.17) is 0 Å². The van der Waals surface area contributed by atoms with Gasteiger partial charge in [-0.1, -0.05) is 30.7 Å². The summed E-state index contributed by atoms with van der Waals surface area (Å²) in [5.41, 5.74) is 2.09. The fourth-order valence-corrected chi connectivity index (χ4v) is 5.21. The maximum atomic E-state index is 13.0. The van der Waals surface area contributed by atoms with Gasteiger partial charge in [0.25, 0.3) is 5.91 Å². The molecule has 1 heterocycles. The summed E-state index contributed by atoms with van der Waals surface area (Å²) in [6, 6.07) is 14.8. The molecule has 0 bridgehead atoms. The third-order valence-corrected chi connectivity index (χ3v) is 7.17. The van der Waals surface area contributed by atoms with Gasteiger partial charge in [-0.05, 0) is 56.0 Å². The Morgan fingerprint density at radius 1 is 1.00 bits per heavy atom. The lowest BCUT2D eigenvalue weighted by molar-refractivity contribution is 0.0953. The van der Waals surface area contributed by atoms with Crippen LogP contribution in [-0.2, 0) is 10.0 Å². The minimum absolute atomic E-state index is 0.234. The molecule has 2 N–H and O–H groups in total. The van der Waals surface area contributed by atoms with Crippen molar-refractivity contribution in [1.29, 1.82) is 0 Å². The van der Waals surface area contributed by atoms with E-state index in [1.807, 2.05) is 30.3 Å². The molecule has 1 saturated heterocycles. The third kappa shape index (κ3) is 5.58. The van der Waals surface area contributed by atoms with Gasteiger partial charge in [0.1, 0.15) is 0 Å². The summed E-state index contributed by atoms with van der Waals surface area (Å²) in [5.74, 6) is -0.250. The van der Waals surface area contributed by atoms with Crippen LogP contribution in [0.1, 0.15) is 41.6 Å². The molecule has 0 aliphatic carbocycles. The van der Waals surface area contributed by atoms with Crippen LogP contribution in [0.15, 0.2) is 53.4 Å². The lowest BCUT2D eigenvalue weighted by atomic mass is 10.1. The van der Waals surface area contributed by atoms with E-state index in [0.29, 0.717) is 30.8 Å². The van der Waals surface area contributed by atoms with Gasteiger partial charge in [-0.2, -0.15) is 4.31 Å². The quantitative estimate of drug-likeness (QED) is 0.648. The van der Waals surface area contributed by atoms with E-state index >= 15 is 0 Å². The fraction of sp³-hybridized carbons (Fsp3) is 0.409. The van der Waals surface area contributed by atoms with Gasteiger partial charge in [-0.15, -0.1) is 0 Å². The fourth-order valence-electron chi connectivity index (χ4n) is 3.44. The number of nitrogens with one attached hydrogen (secondary N) is 2. The molecule has 1 aliphatic heterocycles. The second-order valence-electron chi connectivity index (χ2n) is 7.35. The van der Waals surface area contributed by atoms with Crippen molar-refractivity contribution >= 4 is 21.6 Å². The van der Waals surface area contributed by atoms with Crippen LogP contribution in [0.2, 0.25) is 0 Å².